The molecule has 0 saturated heterocycles. The second-order valence-electron chi connectivity index (χ2n) is 5.87. The number of carbonyl (C=O) groups excluding carboxylic acids is 1. The highest BCUT2D eigenvalue weighted by molar-refractivity contribution is 7.98. The molecule has 1 heterocycles. The summed E-state index contributed by atoms with van der Waals surface area (Å²) in [6.45, 7) is -1.52. The first-order chi connectivity index (χ1) is 16.5. The Morgan fingerprint density at radius 3 is 2.38 bits per heavy atom. The van der Waals surface area contributed by atoms with Crippen molar-refractivity contribution in [1.29, 1.82) is 0 Å². The number of carbonyl (C=O) groups is 2. The van der Waals surface area contributed by atoms with Gasteiger partial charge < -0.3 is 42.6 Å². The Labute approximate surface area is 213 Å². The van der Waals surface area contributed by atoms with Crippen LogP contribution in [0.15, 0.2) is 27.6 Å². The predicted molar refractivity (Wildman–Crippen MR) is 123 cm³/mol. The average molecular weight is 585 g/mol. The summed E-state index contributed by atoms with van der Waals surface area (Å²) in [5.41, 5.74) is 11.1. The van der Waals surface area contributed by atoms with E-state index in [1.165, 1.54) is 11.8 Å². The number of thiazole rings is 1. The third-order valence-electron chi connectivity index (χ3n) is 3.00. The molecule has 22 heteroatoms. The molecule has 0 aliphatic carbocycles. The van der Waals surface area contributed by atoms with Crippen molar-refractivity contribution >= 4 is 52.1 Å². The van der Waals surface area contributed by atoms with Gasteiger partial charge in [0.2, 0.25) is 0 Å². The molecule has 0 atom stereocenters. The Kier molecular flexibility index (Phi) is 16.1. The molecule has 37 heavy (non-hydrogen) atoms. The summed E-state index contributed by atoms with van der Waals surface area (Å²) < 4.78 is 61.7. The van der Waals surface area contributed by atoms with Gasteiger partial charge in [0.25, 0.3) is 5.96 Å². The van der Waals surface area contributed by atoms with Gasteiger partial charge in [-0.25, -0.2) is 24.9 Å². The van der Waals surface area contributed by atoms with E-state index in [1.54, 1.807) is 5.38 Å². The summed E-state index contributed by atoms with van der Waals surface area (Å²) in [5.74, 6) is -7.77. The lowest BCUT2D eigenvalue weighted by Crippen LogP contribution is -2.40. The summed E-state index contributed by atoms with van der Waals surface area (Å²) in [7, 11) is 0. The Bertz CT molecular complexity index is 979. The van der Waals surface area contributed by atoms with Crippen molar-refractivity contribution in [1.82, 2.24) is 10.3 Å². The third kappa shape index (κ3) is 17.3. The molecule has 1 aromatic rings. The molecule has 0 aliphatic rings. The number of aliphatic carboxylic acids is 2. The molecule has 0 fully saturated rings. The highest BCUT2D eigenvalue weighted by atomic mass is 32.2. The maximum absolute atomic E-state index is 12.8. The molecular weight excluding hydrogens is 563 g/mol. The molecule has 1 aromatic heterocycles. The first-order valence-electron chi connectivity index (χ1n) is 8.91. The van der Waals surface area contributed by atoms with E-state index in [2.05, 4.69) is 25.7 Å². The lowest BCUT2D eigenvalue weighted by atomic mass is 10.3. The number of hydrazone groups is 1. The number of guanidine groups is 2. The molecule has 0 aliphatic heterocycles. The first-order valence-corrected chi connectivity index (χ1v) is 10.9. The molecule has 0 bridgehead atoms. The van der Waals surface area contributed by atoms with Gasteiger partial charge in [-0.1, -0.05) is 0 Å². The molecule has 0 aromatic carbocycles. The van der Waals surface area contributed by atoms with Crippen molar-refractivity contribution < 1.29 is 53.7 Å². The van der Waals surface area contributed by atoms with Crippen LogP contribution in [0.5, 0.6) is 0 Å². The largest absolute Gasteiger partial charge is 1.00 e. The van der Waals surface area contributed by atoms with Gasteiger partial charge in [0, 0.05) is 29.5 Å². The minimum absolute atomic E-state index is 0. The van der Waals surface area contributed by atoms with Crippen LogP contribution in [0.1, 0.15) is 7.12 Å². The normalized spacial score (nSPS) is 12.2. The van der Waals surface area contributed by atoms with Gasteiger partial charge in [0.1, 0.15) is 11.6 Å². The SMILES string of the molecule is NC(=NCC(F)(F)C(F)(F)F)Nc1nc(CSCCN/C(N)=N\[N+](=O)[O-])cs1.O.O=C([O-])/C=C\C(=O)O.[H+]. The number of nitrogens with one attached hydrogen (secondary N) is 2. The van der Waals surface area contributed by atoms with E-state index >= 15 is 0 Å². The quantitative estimate of drug-likeness (QED) is 0.0401. The lowest BCUT2D eigenvalue weighted by molar-refractivity contribution is -0.485. The van der Waals surface area contributed by atoms with E-state index in [1.807, 2.05) is 0 Å². The summed E-state index contributed by atoms with van der Waals surface area (Å²) in [6, 6.07) is 0. The molecule has 0 radical (unpaired) electrons. The number of aromatic nitrogens is 1. The van der Waals surface area contributed by atoms with Gasteiger partial charge >= 0.3 is 19.5 Å². The Morgan fingerprint density at radius 2 is 1.89 bits per heavy atom. The summed E-state index contributed by atoms with van der Waals surface area (Å²) in [5, 5.41) is 35.9. The number of hydrogen-bond acceptors (Lipinski definition) is 9. The van der Waals surface area contributed by atoms with Crippen LogP contribution in [-0.2, 0) is 15.3 Å². The number of rotatable bonds is 11. The van der Waals surface area contributed by atoms with Gasteiger partial charge in [-0.2, -0.15) is 33.7 Å². The summed E-state index contributed by atoms with van der Waals surface area (Å²) in [4.78, 5) is 36.1. The van der Waals surface area contributed by atoms with Crippen molar-refractivity contribution in [3.05, 3.63) is 33.3 Å². The minimum atomic E-state index is -5.71. The molecule has 0 saturated carbocycles. The molecule has 1 rings (SSSR count). The zero-order valence-corrected chi connectivity index (χ0v) is 19.8. The van der Waals surface area contributed by atoms with E-state index in [9.17, 15) is 46.8 Å². The van der Waals surface area contributed by atoms with E-state index in [0.29, 0.717) is 35.9 Å². The lowest BCUT2D eigenvalue weighted by Gasteiger charge is -2.17. The smallest absolute Gasteiger partial charge is 0.545 e. The number of nitro groups is 1. The molecular formula is C15H21F5N8O7S2. The van der Waals surface area contributed by atoms with E-state index in [-0.39, 0.29) is 18.0 Å². The van der Waals surface area contributed by atoms with Crippen LogP contribution < -0.4 is 27.2 Å². The van der Waals surface area contributed by atoms with Gasteiger partial charge in [-0.15, -0.1) is 11.3 Å². The Hall–Kier alpha value is -3.79. The average Bonchev–Trinajstić information content (AvgIpc) is 3.16. The maximum atomic E-state index is 12.8. The van der Waals surface area contributed by atoms with E-state index < -0.39 is 41.6 Å². The fourth-order valence-corrected chi connectivity index (χ4v) is 3.11. The number of nitrogens with two attached hydrogens (primary N) is 2. The second-order valence-corrected chi connectivity index (χ2v) is 7.83. The summed E-state index contributed by atoms with van der Waals surface area (Å²) >= 11 is 2.46. The van der Waals surface area contributed by atoms with Crippen LogP contribution in [0.4, 0.5) is 27.1 Å². The number of halogens is 5. The van der Waals surface area contributed by atoms with E-state index in [4.69, 9.17) is 16.6 Å². The van der Waals surface area contributed by atoms with Gasteiger partial charge in [0.15, 0.2) is 16.1 Å². The first kappa shape index (κ1) is 35.4. The van der Waals surface area contributed by atoms with Crippen LogP contribution in [0, 0.1) is 10.1 Å². The number of aliphatic imine (C=N–C) groups is 1. The van der Waals surface area contributed by atoms with Crippen LogP contribution in [0.3, 0.4) is 0 Å². The van der Waals surface area contributed by atoms with E-state index in [0.717, 1.165) is 11.3 Å². The van der Waals surface area contributed by atoms with Crippen LogP contribution >= 0.6 is 23.1 Å². The number of carboxylic acid groups (broad SMARTS) is 2. The molecule has 210 valence electrons. The number of nitrogens with zero attached hydrogens (tertiary/aromatic N) is 4. The zero-order valence-electron chi connectivity index (χ0n) is 19.2. The topological polar surface area (TPSA) is 266 Å². The van der Waals surface area contributed by atoms with Gasteiger partial charge in [-0.3, -0.25) is 0 Å². The third-order valence-corrected chi connectivity index (χ3v) is 4.80. The van der Waals surface area contributed by atoms with Crippen molar-refractivity contribution in [3.8, 4) is 0 Å². The number of thioether (sulfide) groups is 1. The van der Waals surface area contributed by atoms with Crippen molar-refractivity contribution in [2.75, 3.05) is 24.2 Å². The number of anilines is 1. The molecule has 15 nitrogen and oxygen atoms in total. The minimum Gasteiger partial charge on any atom is -0.545 e. The maximum Gasteiger partial charge on any atom is 1.00 e. The van der Waals surface area contributed by atoms with Crippen molar-refractivity contribution in [2.24, 2.45) is 21.6 Å². The number of carboxylic acids is 2. The predicted octanol–water partition coefficient (Wildman–Crippen LogP) is -0.939. The summed E-state index contributed by atoms with van der Waals surface area (Å²) in [6.07, 6.45) is -4.77. The number of hydrogen-bond donors (Lipinski definition) is 5. The highest BCUT2D eigenvalue weighted by Gasteiger charge is 2.57. The highest BCUT2D eigenvalue weighted by Crippen LogP contribution is 2.35. The number of alkyl halides is 5. The van der Waals surface area contributed by atoms with Gasteiger partial charge in [-0.05, 0) is 6.08 Å². The van der Waals surface area contributed by atoms with Crippen LogP contribution in [-0.4, -0.2) is 75.4 Å². The van der Waals surface area contributed by atoms with Crippen LogP contribution in [0.2, 0.25) is 0 Å². The Morgan fingerprint density at radius 1 is 1.27 bits per heavy atom. The monoisotopic (exact) mass is 584 g/mol. The molecule has 0 spiro atoms. The zero-order chi connectivity index (χ0) is 27.9. The second kappa shape index (κ2) is 16.8. The standard InChI is InChI=1S/C11H15F5N8O2S2.C4H4O4.H2O/c12-10(13,11(14,15)16)5-20-7(17)22-9-21-6(4-28-9)3-27-2-1-19-8(18)23-24(25)26;5-3(6)1-2-4(7)8;/h4H,1-3,5H2,(H3,18,19,23)(H3,17,20,21,22);1-2H,(H,5,6)(H,7,8);1H2/b;2-1-;. The molecule has 9 N–H and O–H groups in total. The van der Waals surface area contributed by atoms with Crippen LogP contribution in [0.25, 0.3) is 0 Å². The molecule has 0 amide bonds. The fourth-order valence-electron chi connectivity index (χ4n) is 1.54. The fraction of sp³-hybridized carbons (Fsp3) is 0.400. The van der Waals surface area contributed by atoms with Crippen molar-refractivity contribution in [2.45, 2.75) is 17.9 Å². The Balaban J connectivity index is -0.00000106. The molecule has 0 unspecified atom stereocenters. The van der Waals surface area contributed by atoms with Gasteiger partial charge in [0.05, 0.1) is 11.7 Å². The van der Waals surface area contributed by atoms with Crippen molar-refractivity contribution in [3.63, 3.8) is 0 Å².